The van der Waals surface area contributed by atoms with Crippen LogP contribution in [0, 0.1) is 0 Å². The standard InChI is InChI=1S/C17H16N2O3.C8H9NO2.2C2HF3O2/c18-16(20)14-7-6-13-8-9-19(15(13)10-14)17(21)22-11-12-4-2-1-3-5-12;9-7(8(10)11)6-4-2-1-3-5-6;2*3-2(4,5)1(6)7/h1-7,10H,8-9,11H2,(H2,18,20);1-5,7H,9H2,(H,10,11);2*(H,6,7)/t;7-;;/m.1../s1. The Kier molecular flexibility index (Phi) is 14.9. The van der Waals surface area contributed by atoms with Gasteiger partial charge in [0, 0.05) is 12.1 Å². The average Bonchev–Trinajstić information content (AvgIpc) is 3.44. The molecule has 0 aromatic heterocycles. The van der Waals surface area contributed by atoms with Gasteiger partial charge in [-0.05, 0) is 35.2 Å². The van der Waals surface area contributed by atoms with E-state index in [9.17, 15) is 40.7 Å². The molecule has 0 saturated carbocycles. The molecular weight excluding hydrogens is 648 g/mol. The molecule has 1 atom stereocenters. The van der Waals surface area contributed by atoms with Crippen LogP contribution < -0.4 is 16.4 Å². The normalized spacial score (nSPS) is 12.3. The Bertz CT molecular complexity index is 1500. The first-order valence-corrected chi connectivity index (χ1v) is 12.8. The van der Waals surface area contributed by atoms with E-state index in [1.54, 1.807) is 41.3 Å². The van der Waals surface area contributed by atoms with Gasteiger partial charge in [0.1, 0.15) is 12.6 Å². The Morgan fingerprint density at radius 1 is 0.787 bits per heavy atom. The number of hydrogen-bond acceptors (Lipinski definition) is 7. The summed E-state index contributed by atoms with van der Waals surface area (Å²) < 4.78 is 68.8. The number of benzene rings is 3. The zero-order valence-electron chi connectivity index (χ0n) is 23.9. The molecule has 0 saturated heterocycles. The first-order chi connectivity index (χ1) is 21.7. The van der Waals surface area contributed by atoms with Crippen molar-refractivity contribution < 1.29 is 70.4 Å². The number of ether oxygens (including phenoxy) is 1. The van der Waals surface area contributed by atoms with Gasteiger partial charge in [0.15, 0.2) is 0 Å². The first-order valence-electron chi connectivity index (χ1n) is 12.8. The maximum atomic E-state index is 12.3. The lowest BCUT2D eigenvalue weighted by Gasteiger charge is -2.17. The number of aliphatic carboxylic acids is 3. The van der Waals surface area contributed by atoms with Crippen molar-refractivity contribution in [3.05, 3.63) is 101 Å². The summed E-state index contributed by atoms with van der Waals surface area (Å²) in [5.41, 5.74) is 14.3. The van der Waals surface area contributed by atoms with Crippen molar-refractivity contribution >= 4 is 35.6 Å². The van der Waals surface area contributed by atoms with Crippen LogP contribution in [0.15, 0.2) is 78.9 Å². The molecule has 18 heteroatoms. The number of primary amides is 1. The smallest absolute Gasteiger partial charge is 0.480 e. The van der Waals surface area contributed by atoms with Crippen molar-refractivity contribution in [3.8, 4) is 0 Å². The molecule has 1 aliphatic heterocycles. The minimum absolute atomic E-state index is 0.223. The molecule has 0 fully saturated rings. The number of anilines is 1. The largest absolute Gasteiger partial charge is 0.490 e. The van der Waals surface area contributed by atoms with Crippen LogP contribution in [-0.2, 0) is 32.1 Å². The molecule has 1 aliphatic rings. The summed E-state index contributed by atoms with van der Waals surface area (Å²) >= 11 is 0. The van der Waals surface area contributed by atoms with Crippen LogP contribution in [0.2, 0.25) is 0 Å². The molecule has 2 amide bonds. The Labute approximate surface area is 261 Å². The molecule has 0 radical (unpaired) electrons. The van der Waals surface area contributed by atoms with Crippen molar-refractivity contribution in [2.24, 2.45) is 11.5 Å². The number of carbonyl (C=O) groups is 5. The van der Waals surface area contributed by atoms with Crippen LogP contribution in [0.3, 0.4) is 0 Å². The summed E-state index contributed by atoms with van der Waals surface area (Å²) in [7, 11) is 0. The predicted molar refractivity (Wildman–Crippen MR) is 151 cm³/mol. The van der Waals surface area contributed by atoms with E-state index in [-0.39, 0.29) is 6.61 Å². The lowest BCUT2D eigenvalue weighted by molar-refractivity contribution is -0.193. The Balaban J connectivity index is 0.000000368. The van der Waals surface area contributed by atoms with Gasteiger partial charge in [-0.1, -0.05) is 66.7 Å². The molecule has 0 unspecified atom stereocenters. The van der Waals surface area contributed by atoms with E-state index < -0.39 is 48.3 Å². The molecule has 3 aromatic rings. The Hall–Kier alpha value is -5.65. The molecule has 0 spiro atoms. The number of carboxylic acids is 3. The summed E-state index contributed by atoms with van der Waals surface area (Å²) in [5, 5.41) is 22.8. The van der Waals surface area contributed by atoms with Crippen LogP contribution in [0.1, 0.15) is 33.1 Å². The van der Waals surface area contributed by atoms with E-state index in [2.05, 4.69) is 0 Å². The number of nitrogens with zero attached hydrogens (tertiary/aromatic N) is 1. The fraction of sp³-hybridized carbons (Fsp3) is 0.207. The van der Waals surface area contributed by atoms with E-state index >= 15 is 0 Å². The number of carbonyl (C=O) groups excluding carboxylic acids is 2. The van der Waals surface area contributed by atoms with Crippen LogP contribution in [-0.4, -0.2) is 64.1 Å². The van der Waals surface area contributed by atoms with Crippen molar-refractivity contribution in [3.63, 3.8) is 0 Å². The number of halogens is 6. The fourth-order valence-electron chi connectivity index (χ4n) is 3.32. The highest BCUT2D eigenvalue weighted by Crippen LogP contribution is 2.29. The SMILES string of the molecule is NC(=O)c1ccc2c(c1)N(C(=O)OCc1ccccc1)CC2.N[C@@H](C(=O)O)c1ccccc1.O=C(O)C(F)(F)F.O=C(O)C(F)(F)F. The van der Waals surface area contributed by atoms with Crippen molar-refractivity contribution in [1.82, 2.24) is 0 Å². The Morgan fingerprint density at radius 2 is 1.26 bits per heavy atom. The number of fused-ring (bicyclic) bond motifs is 1. The highest BCUT2D eigenvalue weighted by molar-refractivity contribution is 5.97. The lowest BCUT2D eigenvalue weighted by atomic mass is 10.1. The second-order valence-corrected chi connectivity index (χ2v) is 8.98. The number of amides is 2. The van der Waals surface area contributed by atoms with Gasteiger partial charge in [-0.15, -0.1) is 0 Å². The van der Waals surface area contributed by atoms with Gasteiger partial charge in [0.25, 0.3) is 0 Å². The first kappa shape index (κ1) is 39.4. The van der Waals surface area contributed by atoms with E-state index in [0.29, 0.717) is 23.4 Å². The number of hydrogen-bond donors (Lipinski definition) is 5. The monoisotopic (exact) mass is 675 g/mol. The van der Waals surface area contributed by atoms with Gasteiger partial charge < -0.3 is 31.5 Å². The molecule has 3 aromatic carbocycles. The van der Waals surface area contributed by atoms with E-state index in [4.69, 9.17) is 41.1 Å². The highest BCUT2D eigenvalue weighted by atomic mass is 19.4. The van der Waals surface area contributed by atoms with Gasteiger partial charge >= 0.3 is 36.4 Å². The van der Waals surface area contributed by atoms with Gasteiger partial charge in [-0.3, -0.25) is 14.5 Å². The summed E-state index contributed by atoms with van der Waals surface area (Å²) in [6.45, 7) is 0.770. The summed E-state index contributed by atoms with van der Waals surface area (Å²) in [6.07, 6.45) is -9.83. The van der Waals surface area contributed by atoms with Crippen molar-refractivity contribution in [1.29, 1.82) is 0 Å². The number of carboxylic acid groups (broad SMARTS) is 3. The highest BCUT2D eigenvalue weighted by Gasteiger charge is 2.39. The predicted octanol–water partition coefficient (Wildman–Crippen LogP) is 4.52. The maximum absolute atomic E-state index is 12.3. The molecule has 254 valence electrons. The molecule has 1 heterocycles. The van der Waals surface area contributed by atoms with Crippen LogP contribution in [0.4, 0.5) is 36.8 Å². The topological polar surface area (TPSA) is 211 Å². The molecular formula is C29H27F6N3O9. The average molecular weight is 676 g/mol. The molecule has 0 aliphatic carbocycles. The third kappa shape index (κ3) is 13.9. The van der Waals surface area contributed by atoms with E-state index in [1.807, 2.05) is 42.5 Å². The molecule has 0 bridgehead atoms. The third-order valence-electron chi connectivity index (χ3n) is 5.60. The van der Waals surface area contributed by atoms with Gasteiger partial charge in [-0.25, -0.2) is 14.4 Å². The second-order valence-electron chi connectivity index (χ2n) is 8.98. The number of alkyl halides is 6. The van der Waals surface area contributed by atoms with Gasteiger partial charge in [-0.2, -0.15) is 26.3 Å². The summed E-state index contributed by atoms with van der Waals surface area (Å²) in [5.74, 6) is -7.02. The van der Waals surface area contributed by atoms with E-state index in [0.717, 1.165) is 17.5 Å². The molecule has 7 N–H and O–H groups in total. The molecule has 4 rings (SSSR count). The summed E-state index contributed by atoms with van der Waals surface area (Å²) in [4.78, 5) is 53.2. The quantitative estimate of drug-likeness (QED) is 0.239. The van der Waals surface area contributed by atoms with Crippen LogP contribution >= 0.6 is 0 Å². The fourth-order valence-corrected chi connectivity index (χ4v) is 3.32. The zero-order chi connectivity index (χ0) is 35.9. The van der Waals surface area contributed by atoms with Crippen LogP contribution in [0.5, 0.6) is 0 Å². The minimum Gasteiger partial charge on any atom is -0.480 e. The minimum atomic E-state index is -5.08. The lowest BCUT2D eigenvalue weighted by Crippen LogP contribution is -2.29. The number of rotatable bonds is 5. The Morgan fingerprint density at radius 3 is 1.68 bits per heavy atom. The second kappa shape index (κ2) is 17.7. The number of nitrogens with two attached hydrogens (primary N) is 2. The third-order valence-corrected chi connectivity index (χ3v) is 5.60. The van der Waals surface area contributed by atoms with Crippen LogP contribution in [0.25, 0.3) is 0 Å². The van der Waals surface area contributed by atoms with Gasteiger partial charge in [0.05, 0.1) is 5.69 Å². The molecule has 12 nitrogen and oxygen atoms in total. The zero-order valence-corrected chi connectivity index (χ0v) is 23.9. The van der Waals surface area contributed by atoms with Crippen molar-refractivity contribution in [2.45, 2.75) is 31.4 Å². The summed E-state index contributed by atoms with van der Waals surface area (Å²) in [6, 6.07) is 22.5. The molecule has 47 heavy (non-hydrogen) atoms. The van der Waals surface area contributed by atoms with Crippen molar-refractivity contribution in [2.75, 3.05) is 11.4 Å². The maximum Gasteiger partial charge on any atom is 0.490 e. The van der Waals surface area contributed by atoms with E-state index in [1.165, 1.54) is 0 Å². The van der Waals surface area contributed by atoms with Gasteiger partial charge in [0.2, 0.25) is 5.91 Å².